The largest absolute Gasteiger partial charge is 0.481 e. The number of amides is 1. The zero-order chi connectivity index (χ0) is 13.1. The van der Waals surface area contributed by atoms with E-state index in [2.05, 4.69) is 9.97 Å². The maximum absolute atomic E-state index is 11.5. The molecule has 0 bridgehead atoms. The van der Waals surface area contributed by atoms with Gasteiger partial charge in [0.1, 0.15) is 11.9 Å². The highest BCUT2D eigenvalue weighted by atomic mass is 16.5. The molecule has 1 saturated heterocycles. The molecule has 2 heterocycles. The number of hydrogen-bond acceptors (Lipinski definition) is 6. The van der Waals surface area contributed by atoms with Crippen LogP contribution in [0.1, 0.15) is 19.3 Å². The first-order valence-corrected chi connectivity index (χ1v) is 5.86. The van der Waals surface area contributed by atoms with E-state index < -0.39 is 0 Å². The first-order valence-electron chi connectivity index (χ1n) is 5.86. The summed E-state index contributed by atoms with van der Waals surface area (Å²) in [6.07, 6.45) is 2.72. The van der Waals surface area contributed by atoms with Crippen molar-refractivity contribution < 1.29 is 9.53 Å². The molecule has 0 radical (unpaired) electrons. The predicted molar refractivity (Wildman–Crippen MR) is 67.2 cm³/mol. The van der Waals surface area contributed by atoms with Crippen molar-refractivity contribution >= 4 is 17.7 Å². The molecule has 0 spiro atoms. The van der Waals surface area contributed by atoms with Crippen LogP contribution >= 0.6 is 0 Å². The monoisotopic (exact) mass is 251 g/mol. The summed E-state index contributed by atoms with van der Waals surface area (Å²) in [7, 11) is 1.51. The van der Waals surface area contributed by atoms with Crippen LogP contribution in [0.2, 0.25) is 0 Å². The van der Waals surface area contributed by atoms with E-state index in [9.17, 15) is 4.79 Å². The summed E-state index contributed by atoms with van der Waals surface area (Å²) in [4.78, 5) is 21.4. The van der Waals surface area contributed by atoms with Gasteiger partial charge in [-0.3, -0.25) is 4.79 Å². The van der Waals surface area contributed by atoms with E-state index in [1.54, 1.807) is 6.07 Å². The number of hydrogen-bond donors (Lipinski definition) is 2. The Morgan fingerprint density at radius 1 is 1.50 bits per heavy atom. The summed E-state index contributed by atoms with van der Waals surface area (Å²) < 4.78 is 5.05. The molecule has 1 aromatic heterocycles. The summed E-state index contributed by atoms with van der Waals surface area (Å²) in [5.74, 6) is 0.748. The number of piperidine rings is 1. The number of nitrogens with two attached hydrogens (primary N) is 2. The molecular weight excluding hydrogens is 234 g/mol. The number of aromatic nitrogens is 2. The van der Waals surface area contributed by atoms with Gasteiger partial charge < -0.3 is 21.1 Å². The van der Waals surface area contributed by atoms with Crippen molar-refractivity contribution in [1.29, 1.82) is 0 Å². The Morgan fingerprint density at radius 3 is 2.94 bits per heavy atom. The average Bonchev–Trinajstić information content (AvgIpc) is 2.38. The van der Waals surface area contributed by atoms with Crippen molar-refractivity contribution in [2.24, 2.45) is 5.73 Å². The molecule has 1 atom stereocenters. The van der Waals surface area contributed by atoms with E-state index in [1.165, 1.54) is 7.11 Å². The lowest BCUT2D eigenvalue weighted by Crippen LogP contribution is -2.48. The number of rotatable bonds is 3. The number of nitrogen functional groups attached to an aromatic ring is 1. The zero-order valence-corrected chi connectivity index (χ0v) is 10.3. The van der Waals surface area contributed by atoms with Crippen molar-refractivity contribution in [3.8, 4) is 5.88 Å². The SMILES string of the molecule is COc1cc(N2CCCCC2C(N)=O)nc(N)n1. The lowest BCUT2D eigenvalue weighted by molar-refractivity contribution is -0.119. The molecule has 1 aliphatic rings. The lowest BCUT2D eigenvalue weighted by atomic mass is 10.0. The second-order valence-corrected chi connectivity index (χ2v) is 4.23. The Morgan fingerprint density at radius 2 is 2.28 bits per heavy atom. The zero-order valence-electron chi connectivity index (χ0n) is 10.3. The minimum absolute atomic E-state index is 0.123. The molecule has 98 valence electrons. The molecule has 1 fully saturated rings. The summed E-state index contributed by atoms with van der Waals surface area (Å²) in [6.45, 7) is 0.729. The van der Waals surface area contributed by atoms with E-state index in [4.69, 9.17) is 16.2 Å². The molecule has 0 saturated carbocycles. The topological polar surface area (TPSA) is 107 Å². The molecule has 2 rings (SSSR count). The highest BCUT2D eigenvalue weighted by Gasteiger charge is 2.28. The number of methoxy groups -OCH3 is 1. The Balaban J connectivity index is 2.33. The van der Waals surface area contributed by atoms with Gasteiger partial charge in [0.25, 0.3) is 0 Å². The number of ether oxygens (including phenoxy) is 1. The van der Waals surface area contributed by atoms with Gasteiger partial charge in [0.15, 0.2) is 0 Å². The molecular formula is C11H17N5O2. The van der Waals surface area contributed by atoms with Gasteiger partial charge in [-0.2, -0.15) is 9.97 Å². The summed E-state index contributed by atoms with van der Waals surface area (Å²) in [5, 5.41) is 0. The lowest BCUT2D eigenvalue weighted by Gasteiger charge is -2.34. The third-order valence-corrected chi connectivity index (χ3v) is 3.04. The third kappa shape index (κ3) is 2.44. The highest BCUT2D eigenvalue weighted by molar-refractivity contribution is 5.83. The molecule has 1 unspecified atom stereocenters. The molecule has 7 heteroatoms. The highest BCUT2D eigenvalue weighted by Crippen LogP contribution is 2.25. The Kier molecular flexibility index (Phi) is 3.50. The van der Waals surface area contributed by atoms with Crippen LogP contribution in [0.5, 0.6) is 5.88 Å². The van der Waals surface area contributed by atoms with Crippen molar-refractivity contribution in [3.63, 3.8) is 0 Å². The first-order chi connectivity index (χ1) is 8.61. The smallest absolute Gasteiger partial charge is 0.240 e. The molecule has 18 heavy (non-hydrogen) atoms. The molecule has 0 aromatic carbocycles. The van der Waals surface area contributed by atoms with Gasteiger partial charge in [0, 0.05) is 12.6 Å². The van der Waals surface area contributed by atoms with Gasteiger partial charge >= 0.3 is 0 Å². The van der Waals surface area contributed by atoms with E-state index in [0.717, 1.165) is 25.8 Å². The van der Waals surface area contributed by atoms with Gasteiger partial charge in [-0.05, 0) is 19.3 Å². The quantitative estimate of drug-likeness (QED) is 0.777. The molecule has 4 N–H and O–H groups in total. The standard InChI is InChI=1S/C11H17N5O2/c1-18-9-6-8(14-11(13)15-9)16-5-3-2-4-7(16)10(12)17/h6-7H,2-5H2,1H3,(H2,12,17)(H2,13,14,15). The van der Waals surface area contributed by atoms with Crippen LogP contribution < -0.4 is 21.1 Å². The Bertz CT molecular complexity index is 451. The van der Waals surface area contributed by atoms with Crippen LogP contribution in [0.3, 0.4) is 0 Å². The molecule has 1 aliphatic heterocycles. The average molecular weight is 251 g/mol. The van der Waals surface area contributed by atoms with Crippen molar-refractivity contribution in [1.82, 2.24) is 9.97 Å². The van der Waals surface area contributed by atoms with Gasteiger partial charge in [-0.1, -0.05) is 0 Å². The fourth-order valence-electron chi connectivity index (χ4n) is 2.18. The molecule has 1 aromatic rings. The normalized spacial score (nSPS) is 19.6. The predicted octanol–water partition coefficient (Wildman–Crippen LogP) is -0.0884. The summed E-state index contributed by atoms with van der Waals surface area (Å²) in [5.41, 5.74) is 11.0. The van der Waals surface area contributed by atoms with Crippen LogP contribution in [0.25, 0.3) is 0 Å². The van der Waals surface area contributed by atoms with Crippen LogP contribution in [-0.2, 0) is 4.79 Å². The van der Waals surface area contributed by atoms with Crippen LogP contribution in [0.15, 0.2) is 6.07 Å². The maximum atomic E-state index is 11.5. The minimum atomic E-state index is -0.342. The fraction of sp³-hybridized carbons (Fsp3) is 0.545. The van der Waals surface area contributed by atoms with Crippen molar-refractivity contribution in [2.75, 3.05) is 24.3 Å². The second-order valence-electron chi connectivity index (χ2n) is 4.23. The van der Waals surface area contributed by atoms with E-state index >= 15 is 0 Å². The number of carbonyl (C=O) groups is 1. The molecule has 1 amide bonds. The summed E-state index contributed by atoms with van der Waals surface area (Å²) >= 11 is 0. The second kappa shape index (κ2) is 5.07. The number of nitrogens with zero attached hydrogens (tertiary/aromatic N) is 3. The first kappa shape index (κ1) is 12.4. The van der Waals surface area contributed by atoms with E-state index in [0.29, 0.717) is 11.7 Å². The van der Waals surface area contributed by atoms with Gasteiger partial charge in [0.05, 0.1) is 7.11 Å². The van der Waals surface area contributed by atoms with Gasteiger partial charge in [0.2, 0.25) is 17.7 Å². The minimum Gasteiger partial charge on any atom is -0.481 e. The van der Waals surface area contributed by atoms with E-state index in [-0.39, 0.29) is 17.9 Å². The Hall–Kier alpha value is -2.05. The third-order valence-electron chi connectivity index (χ3n) is 3.04. The molecule has 0 aliphatic carbocycles. The van der Waals surface area contributed by atoms with E-state index in [1.807, 2.05) is 4.90 Å². The fourth-order valence-corrected chi connectivity index (χ4v) is 2.18. The van der Waals surface area contributed by atoms with Crippen molar-refractivity contribution in [2.45, 2.75) is 25.3 Å². The number of anilines is 2. The van der Waals surface area contributed by atoms with Gasteiger partial charge in [-0.25, -0.2) is 0 Å². The maximum Gasteiger partial charge on any atom is 0.240 e. The van der Waals surface area contributed by atoms with Crippen LogP contribution in [0.4, 0.5) is 11.8 Å². The van der Waals surface area contributed by atoms with Gasteiger partial charge in [-0.15, -0.1) is 0 Å². The van der Waals surface area contributed by atoms with Crippen molar-refractivity contribution in [3.05, 3.63) is 6.07 Å². The Labute approximate surface area is 105 Å². The van der Waals surface area contributed by atoms with Crippen LogP contribution in [-0.4, -0.2) is 35.6 Å². The number of primary amides is 1. The van der Waals surface area contributed by atoms with Crippen LogP contribution in [0, 0.1) is 0 Å². The molecule has 7 nitrogen and oxygen atoms in total. The number of carbonyl (C=O) groups excluding carboxylic acids is 1. The summed E-state index contributed by atoms with van der Waals surface area (Å²) in [6, 6.07) is 1.33.